The second-order valence-electron chi connectivity index (χ2n) is 6.45. The summed E-state index contributed by atoms with van der Waals surface area (Å²) in [5, 5.41) is 12.5. The Morgan fingerprint density at radius 2 is 2.26 bits per heavy atom. The molecule has 3 heterocycles. The molecule has 2 atom stereocenters. The second kappa shape index (κ2) is 5.38. The van der Waals surface area contributed by atoms with Gasteiger partial charge >= 0.3 is 0 Å². The summed E-state index contributed by atoms with van der Waals surface area (Å²) in [5.41, 5.74) is -0.0500. The average molecular weight is 268 g/mol. The number of hydrogen-bond acceptors (Lipinski definition) is 4. The lowest BCUT2D eigenvalue weighted by Gasteiger charge is -2.48. The highest BCUT2D eigenvalue weighted by Gasteiger charge is 2.43. The van der Waals surface area contributed by atoms with Gasteiger partial charge in [-0.2, -0.15) is 0 Å². The van der Waals surface area contributed by atoms with Gasteiger partial charge in [-0.15, -0.1) is 0 Å². The number of piperidine rings is 1. The van der Waals surface area contributed by atoms with Crippen LogP contribution in [0.1, 0.15) is 25.7 Å². The molecule has 1 amide bonds. The fraction of sp³-hybridized carbons (Fsp3) is 0.929. The SMILES string of the molecule is O=C1CC(C2CCCCN2CC2(CO)COC2)CN1. The fourth-order valence-electron chi connectivity index (χ4n) is 3.70. The van der Waals surface area contributed by atoms with E-state index in [4.69, 9.17) is 4.74 Å². The predicted molar refractivity (Wildman–Crippen MR) is 70.7 cm³/mol. The molecule has 2 unspecified atom stereocenters. The first-order chi connectivity index (χ1) is 9.22. The summed E-state index contributed by atoms with van der Waals surface area (Å²) in [5.74, 6) is 0.643. The van der Waals surface area contributed by atoms with E-state index >= 15 is 0 Å². The highest BCUT2D eigenvalue weighted by atomic mass is 16.5. The van der Waals surface area contributed by atoms with Crippen LogP contribution >= 0.6 is 0 Å². The Hall–Kier alpha value is -0.650. The van der Waals surface area contributed by atoms with Crippen LogP contribution in [0, 0.1) is 11.3 Å². The van der Waals surface area contributed by atoms with Crippen molar-refractivity contribution < 1.29 is 14.6 Å². The van der Waals surface area contributed by atoms with Gasteiger partial charge in [-0.05, 0) is 19.4 Å². The first kappa shape index (κ1) is 13.3. The van der Waals surface area contributed by atoms with Crippen molar-refractivity contribution in [2.24, 2.45) is 11.3 Å². The van der Waals surface area contributed by atoms with Crippen molar-refractivity contribution in [2.45, 2.75) is 31.7 Å². The monoisotopic (exact) mass is 268 g/mol. The van der Waals surface area contributed by atoms with Crippen LogP contribution in [0.25, 0.3) is 0 Å². The minimum atomic E-state index is -0.0500. The molecule has 0 radical (unpaired) electrons. The van der Waals surface area contributed by atoms with Gasteiger partial charge in [-0.3, -0.25) is 9.69 Å². The van der Waals surface area contributed by atoms with Gasteiger partial charge in [0.2, 0.25) is 5.91 Å². The van der Waals surface area contributed by atoms with Gasteiger partial charge < -0.3 is 15.2 Å². The molecule has 0 aromatic heterocycles. The van der Waals surface area contributed by atoms with E-state index in [9.17, 15) is 9.90 Å². The van der Waals surface area contributed by atoms with Crippen LogP contribution in [0.2, 0.25) is 0 Å². The number of nitrogens with zero attached hydrogens (tertiary/aromatic N) is 1. The molecule has 0 spiro atoms. The first-order valence-corrected chi connectivity index (χ1v) is 7.42. The summed E-state index contributed by atoms with van der Waals surface area (Å²) in [7, 11) is 0. The Kier molecular flexibility index (Phi) is 3.78. The molecule has 3 rings (SSSR count). The van der Waals surface area contributed by atoms with E-state index in [1.54, 1.807) is 0 Å². The second-order valence-corrected chi connectivity index (χ2v) is 6.45. The summed E-state index contributed by atoms with van der Waals surface area (Å²) in [4.78, 5) is 13.9. The Balaban J connectivity index is 1.65. The van der Waals surface area contributed by atoms with Crippen LogP contribution in [0.4, 0.5) is 0 Å². The third kappa shape index (κ3) is 2.64. The number of aliphatic hydroxyl groups is 1. The number of ether oxygens (including phenoxy) is 1. The van der Waals surface area contributed by atoms with Crippen molar-refractivity contribution in [2.75, 3.05) is 39.5 Å². The molecule has 0 aromatic carbocycles. The zero-order valence-electron chi connectivity index (χ0n) is 11.4. The van der Waals surface area contributed by atoms with Crippen molar-refractivity contribution in [3.05, 3.63) is 0 Å². The zero-order chi connectivity index (χ0) is 13.3. The van der Waals surface area contributed by atoms with Gasteiger partial charge in [0.25, 0.3) is 0 Å². The molecule has 3 fully saturated rings. The molecule has 0 saturated carbocycles. The number of carbonyl (C=O) groups excluding carboxylic acids is 1. The molecule has 3 saturated heterocycles. The Morgan fingerprint density at radius 3 is 2.84 bits per heavy atom. The highest BCUT2D eigenvalue weighted by molar-refractivity contribution is 5.78. The largest absolute Gasteiger partial charge is 0.396 e. The van der Waals surface area contributed by atoms with Gasteiger partial charge in [0.05, 0.1) is 25.2 Å². The molecule has 5 heteroatoms. The lowest BCUT2D eigenvalue weighted by molar-refractivity contribution is -0.155. The highest BCUT2D eigenvalue weighted by Crippen LogP contribution is 2.33. The lowest BCUT2D eigenvalue weighted by Crippen LogP contribution is -2.57. The number of hydrogen-bond donors (Lipinski definition) is 2. The maximum atomic E-state index is 11.4. The smallest absolute Gasteiger partial charge is 0.220 e. The van der Waals surface area contributed by atoms with E-state index < -0.39 is 0 Å². The number of carbonyl (C=O) groups is 1. The Bertz CT molecular complexity index is 338. The van der Waals surface area contributed by atoms with E-state index in [0.29, 0.717) is 31.6 Å². The lowest BCUT2D eigenvalue weighted by atomic mass is 9.82. The van der Waals surface area contributed by atoms with E-state index in [1.807, 2.05) is 0 Å². The van der Waals surface area contributed by atoms with Gasteiger partial charge in [0.1, 0.15) is 0 Å². The van der Waals surface area contributed by atoms with Gasteiger partial charge in [0.15, 0.2) is 0 Å². The molecule has 19 heavy (non-hydrogen) atoms. The summed E-state index contributed by atoms with van der Waals surface area (Å²) in [6.07, 6.45) is 4.34. The minimum Gasteiger partial charge on any atom is -0.396 e. The topological polar surface area (TPSA) is 61.8 Å². The maximum Gasteiger partial charge on any atom is 0.220 e. The number of amides is 1. The molecule has 2 N–H and O–H groups in total. The Morgan fingerprint density at radius 1 is 1.42 bits per heavy atom. The van der Waals surface area contributed by atoms with Crippen LogP contribution in [0.3, 0.4) is 0 Å². The first-order valence-electron chi connectivity index (χ1n) is 7.42. The van der Waals surface area contributed by atoms with E-state index in [2.05, 4.69) is 10.2 Å². The quantitative estimate of drug-likeness (QED) is 0.752. The fourth-order valence-corrected chi connectivity index (χ4v) is 3.70. The van der Waals surface area contributed by atoms with Crippen molar-refractivity contribution in [1.82, 2.24) is 10.2 Å². The molecular formula is C14H24N2O3. The predicted octanol–water partition coefficient (Wildman–Crippen LogP) is -0.0141. The average Bonchev–Trinajstić information content (AvgIpc) is 2.81. The number of rotatable bonds is 4. The molecule has 5 nitrogen and oxygen atoms in total. The molecule has 3 aliphatic heterocycles. The molecule has 3 aliphatic rings. The molecule has 0 aromatic rings. The van der Waals surface area contributed by atoms with E-state index in [1.165, 1.54) is 19.3 Å². The van der Waals surface area contributed by atoms with Crippen LogP contribution in [0.15, 0.2) is 0 Å². The maximum absolute atomic E-state index is 11.4. The van der Waals surface area contributed by atoms with Crippen molar-refractivity contribution >= 4 is 5.91 Å². The van der Waals surface area contributed by atoms with Gasteiger partial charge in [-0.25, -0.2) is 0 Å². The molecular weight excluding hydrogens is 244 g/mol. The number of likely N-dealkylation sites (tertiary alicyclic amines) is 1. The molecule has 108 valence electrons. The number of aliphatic hydroxyl groups excluding tert-OH is 1. The molecule has 0 bridgehead atoms. The minimum absolute atomic E-state index is 0.0500. The summed E-state index contributed by atoms with van der Waals surface area (Å²) >= 11 is 0. The van der Waals surface area contributed by atoms with Gasteiger partial charge in [0, 0.05) is 31.5 Å². The molecule has 0 aliphatic carbocycles. The summed E-state index contributed by atoms with van der Waals surface area (Å²) in [6.45, 7) is 4.39. The third-order valence-electron chi connectivity index (χ3n) is 4.91. The van der Waals surface area contributed by atoms with Crippen molar-refractivity contribution in [3.8, 4) is 0 Å². The Labute approximate surface area is 114 Å². The van der Waals surface area contributed by atoms with Gasteiger partial charge in [-0.1, -0.05) is 6.42 Å². The van der Waals surface area contributed by atoms with Crippen LogP contribution < -0.4 is 5.32 Å². The number of nitrogens with one attached hydrogen (secondary N) is 1. The van der Waals surface area contributed by atoms with Crippen molar-refractivity contribution in [1.29, 1.82) is 0 Å². The normalized spacial score (nSPS) is 34.9. The standard InChI is InChI=1S/C14H24N2O3/c17-8-14(9-19-10-14)7-16-4-2-1-3-12(16)11-5-13(18)15-6-11/h11-12,17H,1-10H2,(H,15,18). The van der Waals surface area contributed by atoms with Crippen LogP contribution in [-0.4, -0.2) is 61.4 Å². The van der Waals surface area contributed by atoms with Crippen LogP contribution in [-0.2, 0) is 9.53 Å². The van der Waals surface area contributed by atoms with E-state index in [0.717, 1.165) is 19.6 Å². The van der Waals surface area contributed by atoms with E-state index in [-0.39, 0.29) is 17.9 Å². The summed E-state index contributed by atoms with van der Waals surface area (Å²) in [6, 6.07) is 0.497. The zero-order valence-corrected chi connectivity index (χ0v) is 11.4. The van der Waals surface area contributed by atoms with Crippen molar-refractivity contribution in [3.63, 3.8) is 0 Å². The third-order valence-corrected chi connectivity index (χ3v) is 4.91. The van der Waals surface area contributed by atoms with Crippen LogP contribution in [0.5, 0.6) is 0 Å². The summed E-state index contributed by atoms with van der Waals surface area (Å²) < 4.78 is 5.30.